The van der Waals surface area contributed by atoms with Gasteiger partial charge in [-0.3, -0.25) is 0 Å². The normalized spacial score (nSPS) is 12.6. The third-order valence-corrected chi connectivity index (χ3v) is 12.4. The van der Waals surface area contributed by atoms with Gasteiger partial charge in [-0.1, -0.05) is 176 Å². The van der Waals surface area contributed by atoms with Gasteiger partial charge in [0.15, 0.2) is 17.5 Å². The fourth-order valence-electron chi connectivity index (χ4n) is 9.55. The van der Waals surface area contributed by atoms with Crippen LogP contribution in [0.3, 0.4) is 0 Å². The van der Waals surface area contributed by atoms with Crippen molar-refractivity contribution in [1.29, 1.82) is 0 Å². The standard InChI is InChI=1S/C58H37N3O/c1-5-17-38(18-6-1)43-33-44(39-19-7-2-8-20-39)35-46(34-43)58(51-27-15-13-25-47(51)48-26-14-16-28-52(48)58)45-30-32-54-50(37-45)49-36-42(29-31-53(49)62-54)57-60-55(40-21-9-3-10-22-40)59-56(61-57)41-23-11-4-12-24-41/h1-37H. The Morgan fingerprint density at radius 1 is 0.290 bits per heavy atom. The Bertz CT molecular complexity index is 3290. The van der Waals surface area contributed by atoms with Crippen molar-refractivity contribution >= 4 is 21.9 Å². The van der Waals surface area contributed by atoms with Gasteiger partial charge in [-0.25, -0.2) is 15.0 Å². The quantitative estimate of drug-likeness (QED) is 0.161. The third-order valence-electron chi connectivity index (χ3n) is 12.4. The molecule has 2 heterocycles. The summed E-state index contributed by atoms with van der Waals surface area (Å²) in [7, 11) is 0. The molecule has 0 atom stereocenters. The van der Waals surface area contributed by atoms with Crippen LogP contribution >= 0.6 is 0 Å². The minimum absolute atomic E-state index is 0.603. The zero-order valence-corrected chi connectivity index (χ0v) is 33.6. The van der Waals surface area contributed by atoms with Crippen LogP contribution < -0.4 is 0 Å². The van der Waals surface area contributed by atoms with Gasteiger partial charge in [0.25, 0.3) is 0 Å². The van der Waals surface area contributed by atoms with Crippen molar-refractivity contribution in [3.63, 3.8) is 0 Å². The van der Waals surface area contributed by atoms with Gasteiger partial charge >= 0.3 is 0 Å². The number of hydrogen-bond acceptors (Lipinski definition) is 4. The molecular weight excluding hydrogens is 755 g/mol. The van der Waals surface area contributed by atoms with E-state index in [2.05, 4.69) is 158 Å². The minimum atomic E-state index is -0.652. The zero-order chi connectivity index (χ0) is 41.0. The number of hydrogen-bond donors (Lipinski definition) is 0. The van der Waals surface area contributed by atoms with E-state index in [0.29, 0.717) is 17.5 Å². The molecule has 4 nitrogen and oxygen atoms in total. The second kappa shape index (κ2) is 14.5. The maximum absolute atomic E-state index is 6.63. The number of furan rings is 1. The molecule has 0 spiro atoms. The summed E-state index contributed by atoms with van der Waals surface area (Å²) < 4.78 is 6.63. The fraction of sp³-hybridized carbons (Fsp3) is 0.0172. The zero-order valence-electron chi connectivity index (χ0n) is 33.6. The van der Waals surface area contributed by atoms with E-state index < -0.39 is 5.41 Å². The molecule has 290 valence electrons. The molecule has 0 bridgehead atoms. The van der Waals surface area contributed by atoms with E-state index in [4.69, 9.17) is 19.4 Å². The Morgan fingerprint density at radius 2 is 0.710 bits per heavy atom. The first-order valence-corrected chi connectivity index (χ1v) is 21.0. The summed E-state index contributed by atoms with van der Waals surface area (Å²) in [6.07, 6.45) is 0. The summed E-state index contributed by atoms with van der Waals surface area (Å²) >= 11 is 0. The Hall–Kier alpha value is -8.21. The van der Waals surface area contributed by atoms with Crippen LogP contribution in [0.4, 0.5) is 0 Å². The first-order chi connectivity index (χ1) is 30.7. The minimum Gasteiger partial charge on any atom is -0.456 e. The fourth-order valence-corrected chi connectivity index (χ4v) is 9.55. The van der Waals surface area contributed by atoms with Crippen LogP contribution in [0.1, 0.15) is 22.3 Å². The molecule has 0 amide bonds. The van der Waals surface area contributed by atoms with E-state index in [9.17, 15) is 0 Å². The molecule has 11 aromatic rings. The average molecular weight is 792 g/mol. The van der Waals surface area contributed by atoms with Gasteiger partial charge in [0.1, 0.15) is 11.2 Å². The van der Waals surface area contributed by atoms with Crippen LogP contribution in [0.15, 0.2) is 229 Å². The van der Waals surface area contributed by atoms with E-state index in [1.807, 2.05) is 66.7 Å². The number of nitrogens with zero attached hydrogens (tertiary/aromatic N) is 3. The molecule has 0 saturated heterocycles. The molecule has 1 aliphatic rings. The summed E-state index contributed by atoms with van der Waals surface area (Å²) in [5, 5.41) is 2.03. The highest BCUT2D eigenvalue weighted by molar-refractivity contribution is 6.07. The van der Waals surface area contributed by atoms with Crippen molar-refractivity contribution in [2.75, 3.05) is 0 Å². The SMILES string of the molecule is c1ccc(-c2cc(-c3ccccc3)cc(C3(c4ccc5oc6ccc(-c7nc(-c8ccccc8)nc(-c8ccccc8)n7)cc6c5c4)c4ccccc4-c4ccccc43)c2)cc1. The molecule has 4 heteroatoms. The summed E-state index contributed by atoms with van der Waals surface area (Å²) in [4.78, 5) is 15.1. The Balaban J connectivity index is 1.11. The highest BCUT2D eigenvalue weighted by Crippen LogP contribution is 2.57. The number of fused-ring (bicyclic) bond motifs is 6. The summed E-state index contributed by atoms with van der Waals surface area (Å²) in [5.41, 5.74) is 15.8. The third kappa shape index (κ3) is 5.80. The monoisotopic (exact) mass is 791 g/mol. The maximum atomic E-state index is 6.63. The van der Waals surface area contributed by atoms with Gasteiger partial charge in [-0.15, -0.1) is 0 Å². The molecular formula is C58H37N3O. The van der Waals surface area contributed by atoms with E-state index in [0.717, 1.165) is 44.2 Å². The molecule has 62 heavy (non-hydrogen) atoms. The van der Waals surface area contributed by atoms with Crippen LogP contribution in [0.2, 0.25) is 0 Å². The lowest BCUT2D eigenvalue weighted by Crippen LogP contribution is -2.28. The molecule has 0 saturated carbocycles. The predicted molar refractivity (Wildman–Crippen MR) is 252 cm³/mol. The molecule has 0 unspecified atom stereocenters. The summed E-state index contributed by atoms with van der Waals surface area (Å²) in [6.45, 7) is 0. The predicted octanol–water partition coefficient (Wildman–Crippen LogP) is 14.5. The lowest BCUT2D eigenvalue weighted by molar-refractivity contribution is 0.668. The van der Waals surface area contributed by atoms with E-state index in [1.165, 1.54) is 50.1 Å². The largest absolute Gasteiger partial charge is 0.456 e. The van der Waals surface area contributed by atoms with Gasteiger partial charge in [0.05, 0.1) is 5.41 Å². The molecule has 0 N–H and O–H groups in total. The van der Waals surface area contributed by atoms with Crippen LogP contribution in [0.5, 0.6) is 0 Å². The molecule has 0 radical (unpaired) electrons. The van der Waals surface area contributed by atoms with E-state index >= 15 is 0 Å². The molecule has 2 aromatic heterocycles. The first kappa shape index (κ1) is 35.7. The molecule has 1 aliphatic carbocycles. The van der Waals surface area contributed by atoms with Crippen molar-refractivity contribution in [3.05, 3.63) is 247 Å². The van der Waals surface area contributed by atoms with Crippen molar-refractivity contribution in [3.8, 4) is 67.5 Å². The average Bonchev–Trinajstić information content (AvgIpc) is 3.88. The van der Waals surface area contributed by atoms with Crippen molar-refractivity contribution in [2.45, 2.75) is 5.41 Å². The Labute approximate surface area is 359 Å². The highest BCUT2D eigenvalue weighted by atomic mass is 16.3. The van der Waals surface area contributed by atoms with Crippen LogP contribution in [-0.4, -0.2) is 15.0 Å². The number of benzene rings is 9. The summed E-state index contributed by atoms with van der Waals surface area (Å²) in [6, 6.07) is 79.7. The van der Waals surface area contributed by atoms with E-state index in [-0.39, 0.29) is 0 Å². The van der Waals surface area contributed by atoms with Gasteiger partial charge in [0.2, 0.25) is 0 Å². The van der Waals surface area contributed by atoms with E-state index in [1.54, 1.807) is 0 Å². The van der Waals surface area contributed by atoms with Crippen LogP contribution in [-0.2, 0) is 5.41 Å². The van der Waals surface area contributed by atoms with Gasteiger partial charge in [0, 0.05) is 27.5 Å². The lowest BCUT2D eigenvalue weighted by atomic mass is 9.66. The highest BCUT2D eigenvalue weighted by Gasteiger charge is 2.46. The lowest BCUT2D eigenvalue weighted by Gasteiger charge is -2.34. The molecule has 0 aliphatic heterocycles. The van der Waals surface area contributed by atoms with Crippen molar-refractivity contribution < 1.29 is 4.42 Å². The van der Waals surface area contributed by atoms with Gasteiger partial charge in [-0.2, -0.15) is 0 Å². The second-order valence-electron chi connectivity index (χ2n) is 15.9. The van der Waals surface area contributed by atoms with Crippen LogP contribution in [0.25, 0.3) is 89.5 Å². The smallest absolute Gasteiger partial charge is 0.164 e. The van der Waals surface area contributed by atoms with Gasteiger partial charge < -0.3 is 4.42 Å². The molecule has 0 fully saturated rings. The summed E-state index contributed by atoms with van der Waals surface area (Å²) in [5.74, 6) is 1.86. The van der Waals surface area contributed by atoms with Gasteiger partial charge in [-0.05, 0) is 104 Å². The maximum Gasteiger partial charge on any atom is 0.164 e. The first-order valence-electron chi connectivity index (χ1n) is 21.0. The number of aromatic nitrogens is 3. The topological polar surface area (TPSA) is 51.8 Å². The van der Waals surface area contributed by atoms with Crippen molar-refractivity contribution in [1.82, 2.24) is 15.0 Å². The molecule has 9 aromatic carbocycles. The molecule has 12 rings (SSSR count). The Kier molecular flexibility index (Phi) is 8.36. The second-order valence-corrected chi connectivity index (χ2v) is 15.9. The Morgan fingerprint density at radius 3 is 1.23 bits per heavy atom. The number of rotatable bonds is 7. The van der Waals surface area contributed by atoms with Crippen molar-refractivity contribution in [2.24, 2.45) is 0 Å². The van der Waals surface area contributed by atoms with Crippen LogP contribution in [0, 0.1) is 0 Å².